The van der Waals surface area contributed by atoms with Crippen molar-refractivity contribution < 1.29 is 19.1 Å². The highest BCUT2D eigenvalue weighted by Crippen LogP contribution is 2.30. The van der Waals surface area contributed by atoms with Gasteiger partial charge in [0.15, 0.2) is 11.5 Å². The van der Waals surface area contributed by atoms with E-state index in [-0.39, 0.29) is 24.8 Å². The number of aryl methyl sites for hydroxylation is 1. The Labute approximate surface area is 158 Å². The molecule has 0 saturated carbocycles. The lowest BCUT2D eigenvalue weighted by atomic mass is 10.0. The maximum atomic E-state index is 11.6. The minimum atomic E-state index is -0.338. The molecule has 0 amide bonds. The predicted octanol–water partition coefficient (Wildman–Crippen LogP) is 6.00. The van der Waals surface area contributed by atoms with Crippen molar-refractivity contribution in [2.75, 3.05) is 0 Å². The van der Waals surface area contributed by atoms with Crippen molar-refractivity contribution in [1.29, 1.82) is 0 Å². The molecule has 0 radical (unpaired) electrons. The Hall–Kier alpha value is -1.84. The van der Waals surface area contributed by atoms with Crippen LogP contribution < -0.4 is 9.47 Å². The predicted molar refractivity (Wildman–Crippen MR) is 105 cm³/mol. The zero-order chi connectivity index (χ0) is 19.2. The number of rotatable bonds is 13. The van der Waals surface area contributed by atoms with E-state index in [9.17, 15) is 9.59 Å². The number of ether oxygens (including phenoxy) is 2. The van der Waals surface area contributed by atoms with Gasteiger partial charge in [-0.2, -0.15) is 0 Å². The molecular formula is C22H34O4. The number of carbonyl (C=O) groups is 2. The smallest absolute Gasteiger partial charge is 0.311 e. The molecule has 0 unspecified atom stereocenters. The van der Waals surface area contributed by atoms with Crippen LogP contribution >= 0.6 is 0 Å². The lowest BCUT2D eigenvalue weighted by Gasteiger charge is -2.11. The van der Waals surface area contributed by atoms with Crippen molar-refractivity contribution in [3.63, 3.8) is 0 Å². The summed E-state index contributed by atoms with van der Waals surface area (Å²) in [7, 11) is 0. The molecule has 0 aliphatic heterocycles. The van der Waals surface area contributed by atoms with E-state index in [4.69, 9.17) is 9.47 Å². The Morgan fingerprint density at radius 1 is 0.731 bits per heavy atom. The second-order valence-corrected chi connectivity index (χ2v) is 6.66. The van der Waals surface area contributed by atoms with Gasteiger partial charge in [-0.3, -0.25) is 9.59 Å². The summed E-state index contributed by atoms with van der Waals surface area (Å²) in [5.41, 5.74) is 1.10. The molecule has 0 atom stereocenters. The third-order valence-electron chi connectivity index (χ3n) is 4.35. The highest BCUT2D eigenvalue weighted by Gasteiger charge is 2.13. The highest BCUT2D eigenvalue weighted by atomic mass is 16.6. The number of hydrogen-bond donors (Lipinski definition) is 0. The molecular weight excluding hydrogens is 328 g/mol. The van der Waals surface area contributed by atoms with Crippen molar-refractivity contribution in [2.24, 2.45) is 0 Å². The molecule has 1 aromatic rings. The second kappa shape index (κ2) is 13.4. The van der Waals surface area contributed by atoms with E-state index in [0.717, 1.165) is 18.4 Å². The first kappa shape index (κ1) is 22.2. The SMILES string of the molecule is CCCCCCCCCCc1ccc(OC(=O)CC)c(OC(=O)CC)c1. The summed E-state index contributed by atoms with van der Waals surface area (Å²) in [6, 6.07) is 5.50. The average molecular weight is 363 g/mol. The van der Waals surface area contributed by atoms with Crippen molar-refractivity contribution in [2.45, 2.75) is 91.4 Å². The Bertz CT molecular complexity index is 551. The molecule has 0 N–H and O–H groups in total. The fourth-order valence-electron chi connectivity index (χ4n) is 2.72. The summed E-state index contributed by atoms with van der Waals surface area (Å²) in [5, 5.41) is 0. The van der Waals surface area contributed by atoms with Gasteiger partial charge in [-0.25, -0.2) is 0 Å². The summed E-state index contributed by atoms with van der Waals surface area (Å²) in [4.78, 5) is 23.2. The fraction of sp³-hybridized carbons (Fsp3) is 0.636. The van der Waals surface area contributed by atoms with Crippen LogP contribution in [0.25, 0.3) is 0 Å². The van der Waals surface area contributed by atoms with Crippen molar-refractivity contribution >= 4 is 11.9 Å². The summed E-state index contributed by atoms with van der Waals surface area (Å²) in [6.45, 7) is 5.71. The largest absolute Gasteiger partial charge is 0.423 e. The molecule has 4 heteroatoms. The van der Waals surface area contributed by atoms with Gasteiger partial charge in [0.1, 0.15) is 0 Å². The van der Waals surface area contributed by atoms with Crippen LogP contribution in [-0.2, 0) is 16.0 Å². The number of unbranched alkanes of at least 4 members (excludes halogenated alkanes) is 7. The Morgan fingerprint density at radius 2 is 1.27 bits per heavy atom. The van der Waals surface area contributed by atoms with E-state index in [1.165, 1.54) is 44.9 Å². The standard InChI is InChI=1S/C22H34O4/c1-4-7-8-9-10-11-12-13-14-18-15-16-19(25-21(23)5-2)20(17-18)26-22(24)6-3/h15-17H,4-14H2,1-3H3. The average Bonchev–Trinajstić information content (AvgIpc) is 2.65. The molecule has 1 rings (SSSR count). The molecule has 0 aliphatic rings. The van der Waals surface area contributed by atoms with Crippen molar-refractivity contribution in [3.05, 3.63) is 23.8 Å². The quantitative estimate of drug-likeness (QED) is 0.245. The van der Waals surface area contributed by atoms with Crippen LogP contribution in [0, 0.1) is 0 Å². The van der Waals surface area contributed by atoms with Crippen molar-refractivity contribution in [3.8, 4) is 11.5 Å². The maximum absolute atomic E-state index is 11.6. The van der Waals surface area contributed by atoms with Crippen LogP contribution in [-0.4, -0.2) is 11.9 Å². The van der Waals surface area contributed by atoms with Crippen LogP contribution in [0.4, 0.5) is 0 Å². The molecule has 0 aromatic heterocycles. The zero-order valence-corrected chi connectivity index (χ0v) is 16.6. The molecule has 0 bridgehead atoms. The first-order chi connectivity index (χ1) is 12.6. The van der Waals surface area contributed by atoms with Gasteiger partial charge in [0.25, 0.3) is 0 Å². The third kappa shape index (κ3) is 9.02. The van der Waals surface area contributed by atoms with Crippen LogP contribution in [0.5, 0.6) is 11.5 Å². The molecule has 1 aromatic carbocycles. The topological polar surface area (TPSA) is 52.6 Å². The number of hydrogen-bond acceptors (Lipinski definition) is 4. The number of carbonyl (C=O) groups excluding carboxylic acids is 2. The van der Waals surface area contributed by atoms with Gasteiger partial charge in [-0.1, -0.05) is 71.8 Å². The highest BCUT2D eigenvalue weighted by molar-refractivity contribution is 5.76. The van der Waals surface area contributed by atoms with Crippen LogP contribution in [0.1, 0.15) is 90.5 Å². The Kier molecular flexibility index (Phi) is 11.4. The summed E-state index contributed by atoms with van der Waals surface area (Å²) >= 11 is 0. The van der Waals surface area contributed by atoms with Gasteiger partial charge in [0.05, 0.1) is 0 Å². The summed E-state index contributed by atoms with van der Waals surface area (Å²) < 4.78 is 10.6. The Morgan fingerprint density at radius 3 is 1.85 bits per heavy atom. The zero-order valence-electron chi connectivity index (χ0n) is 16.6. The number of benzene rings is 1. The molecule has 0 fully saturated rings. The van der Waals surface area contributed by atoms with Gasteiger partial charge >= 0.3 is 11.9 Å². The van der Waals surface area contributed by atoms with Gasteiger partial charge < -0.3 is 9.47 Å². The first-order valence-corrected chi connectivity index (χ1v) is 10.1. The van der Waals surface area contributed by atoms with Gasteiger partial charge in [0, 0.05) is 12.8 Å². The third-order valence-corrected chi connectivity index (χ3v) is 4.35. The molecule has 4 nitrogen and oxygen atoms in total. The van der Waals surface area contributed by atoms with Crippen LogP contribution in [0.3, 0.4) is 0 Å². The van der Waals surface area contributed by atoms with Gasteiger partial charge in [0.2, 0.25) is 0 Å². The number of esters is 2. The van der Waals surface area contributed by atoms with Gasteiger partial charge in [-0.15, -0.1) is 0 Å². The second-order valence-electron chi connectivity index (χ2n) is 6.66. The molecule has 0 saturated heterocycles. The first-order valence-electron chi connectivity index (χ1n) is 10.1. The van der Waals surface area contributed by atoms with Gasteiger partial charge in [-0.05, 0) is 30.5 Å². The maximum Gasteiger partial charge on any atom is 0.311 e. The lowest BCUT2D eigenvalue weighted by molar-refractivity contribution is -0.136. The molecule has 146 valence electrons. The normalized spacial score (nSPS) is 10.6. The van der Waals surface area contributed by atoms with E-state index in [1.54, 1.807) is 19.9 Å². The summed E-state index contributed by atoms with van der Waals surface area (Å²) in [5.74, 6) is -0.00770. The van der Waals surface area contributed by atoms with Crippen LogP contribution in [0.2, 0.25) is 0 Å². The summed E-state index contributed by atoms with van der Waals surface area (Å²) in [6.07, 6.45) is 11.7. The fourth-order valence-corrected chi connectivity index (χ4v) is 2.72. The van der Waals surface area contributed by atoms with E-state index in [0.29, 0.717) is 11.5 Å². The van der Waals surface area contributed by atoms with Crippen molar-refractivity contribution in [1.82, 2.24) is 0 Å². The van der Waals surface area contributed by atoms with E-state index < -0.39 is 0 Å². The van der Waals surface area contributed by atoms with E-state index >= 15 is 0 Å². The monoisotopic (exact) mass is 362 g/mol. The van der Waals surface area contributed by atoms with Crippen LogP contribution in [0.15, 0.2) is 18.2 Å². The van der Waals surface area contributed by atoms with E-state index in [1.807, 2.05) is 12.1 Å². The molecule has 26 heavy (non-hydrogen) atoms. The van der Waals surface area contributed by atoms with E-state index in [2.05, 4.69) is 6.92 Å². The molecule has 0 spiro atoms. The minimum absolute atomic E-state index is 0.279. The minimum Gasteiger partial charge on any atom is -0.423 e. The lowest BCUT2D eigenvalue weighted by Crippen LogP contribution is -2.10. The Balaban J connectivity index is 2.53. The molecule has 0 heterocycles. The molecule has 0 aliphatic carbocycles.